The molecule has 3 nitrogen and oxygen atoms in total. The zero-order chi connectivity index (χ0) is 14.9. The van der Waals surface area contributed by atoms with E-state index >= 15 is 0 Å². The average molecular weight is 296 g/mol. The van der Waals surface area contributed by atoms with Gasteiger partial charge in [0.2, 0.25) is 0 Å². The largest absolute Gasteiger partial charge is 0.480 e. The third kappa shape index (κ3) is 3.33. The van der Waals surface area contributed by atoms with Crippen LogP contribution in [0.5, 0.6) is 0 Å². The molecule has 1 fully saturated rings. The third-order valence-corrected chi connectivity index (χ3v) is 4.76. The summed E-state index contributed by atoms with van der Waals surface area (Å²) in [7, 11) is 0. The number of hydrogen-bond acceptors (Lipinski definition) is 2. The fourth-order valence-corrected chi connectivity index (χ4v) is 3.26. The third-order valence-electron chi connectivity index (χ3n) is 4.43. The molecule has 1 aliphatic carbocycles. The van der Waals surface area contributed by atoms with E-state index in [-0.39, 0.29) is 0 Å². The van der Waals surface area contributed by atoms with Crippen LogP contribution in [0.15, 0.2) is 18.2 Å². The molecule has 20 heavy (non-hydrogen) atoms. The van der Waals surface area contributed by atoms with Crippen LogP contribution in [0.4, 0.5) is 0 Å². The fourth-order valence-electron chi connectivity index (χ4n) is 2.92. The summed E-state index contributed by atoms with van der Waals surface area (Å²) >= 11 is 6.33. The van der Waals surface area contributed by atoms with Crippen molar-refractivity contribution < 1.29 is 9.90 Å². The molecule has 0 saturated heterocycles. The monoisotopic (exact) mass is 295 g/mol. The summed E-state index contributed by atoms with van der Waals surface area (Å²) in [6, 6.07) is 4.44. The Hall–Kier alpha value is -1.06. The highest BCUT2D eigenvalue weighted by molar-refractivity contribution is 6.31. The van der Waals surface area contributed by atoms with Gasteiger partial charge in [-0.3, -0.25) is 4.79 Å². The predicted octanol–water partition coefficient (Wildman–Crippen LogP) is 4.11. The number of rotatable bonds is 3. The SMILES string of the molecule is CC1(C)CCC(c2ccc(C(N)C(=O)O)cc2Cl)CC1. The lowest BCUT2D eigenvalue weighted by Gasteiger charge is -2.34. The van der Waals surface area contributed by atoms with E-state index in [2.05, 4.69) is 13.8 Å². The standard InChI is InChI=1S/C16H22ClNO2/c1-16(2)7-5-10(6-8-16)12-4-3-11(9-13(12)17)14(18)15(19)20/h3-4,9-10,14H,5-8,18H2,1-2H3,(H,19,20). The molecule has 0 amide bonds. The highest BCUT2D eigenvalue weighted by Gasteiger charge is 2.28. The van der Waals surface area contributed by atoms with Gasteiger partial charge in [0.05, 0.1) is 0 Å². The van der Waals surface area contributed by atoms with E-state index in [1.807, 2.05) is 6.07 Å². The van der Waals surface area contributed by atoms with Gasteiger partial charge in [0.1, 0.15) is 6.04 Å². The van der Waals surface area contributed by atoms with Crippen molar-refractivity contribution in [3.05, 3.63) is 34.3 Å². The lowest BCUT2D eigenvalue weighted by atomic mass is 9.71. The van der Waals surface area contributed by atoms with Crippen LogP contribution < -0.4 is 5.73 Å². The van der Waals surface area contributed by atoms with Crippen LogP contribution >= 0.6 is 11.6 Å². The van der Waals surface area contributed by atoms with Crippen molar-refractivity contribution in [1.29, 1.82) is 0 Å². The van der Waals surface area contributed by atoms with Gasteiger partial charge in [-0.05, 0) is 54.2 Å². The summed E-state index contributed by atoms with van der Waals surface area (Å²) in [5, 5.41) is 9.58. The molecule has 1 atom stereocenters. The summed E-state index contributed by atoms with van der Waals surface area (Å²) < 4.78 is 0. The molecule has 1 aromatic rings. The first kappa shape index (κ1) is 15.3. The van der Waals surface area contributed by atoms with Crippen molar-refractivity contribution in [3.8, 4) is 0 Å². The van der Waals surface area contributed by atoms with Gasteiger partial charge in [-0.2, -0.15) is 0 Å². The van der Waals surface area contributed by atoms with Crippen LogP contribution in [0.1, 0.15) is 62.6 Å². The number of hydrogen-bond donors (Lipinski definition) is 2. The van der Waals surface area contributed by atoms with E-state index in [1.54, 1.807) is 12.1 Å². The van der Waals surface area contributed by atoms with Gasteiger partial charge in [0.15, 0.2) is 0 Å². The number of carboxylic acids is 1. The normalized spacial score (nSPS) is 20.6. The first-order chi connectivity index (χ1) is 9.30. The smallest absolute Gasteiger partial charge is 0.325 e. The Labute approximate surface area is 125 Å². The van der Waals surface area contributed by atoms with E-state index in [1.165, 1.54) is 12.8 Å². The molecular formula is C16H22ClNO2. The molecule has 0 bridgehead atoms. The molecule has 4 heteroatoms. The quantitative estimate of drug-likeness (QED) is 0.882. The number of benzene rings is 1. The summed E-state index contributed by atoms with van der Waals surface area (Å²) in [5.74, 6) is -0.557. The second kappa shape index (κ2) is 5.74. The molecule has 110 valence electrons. The highest BCUT2D eigenvalue weighted by atomic mass is 35.5. The van der Waals surface area contributed by atoms with Gasteiger partial charge >= 0.3 is 5.97 Å². The molecule has 3 N–H and O–H groups in total. The maximum Gasteiger partial charge on any atom is 0.325 e. The van der Waals surface area contributed by atoms with Gasteiger partial charge in [-0.25, -0.2) is 0 Å². The van der Waals surface area contributed by atoms with Gasteiger partial charge < -0.3 is 10.8 Å². The Kier molecular flexibility index (Phi) is 4.40. The molecule has 0 radical (unpaired) electrons. The molecule has 1 saturated carbocycles. The topological polar surface area (TPSA) is 63.3 Å². The minimum absolute atomic E-state index is 0.425. The molecule has 2 rings (SSSR count). The van der Waals surface area contributed by atoms with E-state index in [9.17, 15) is 4.79 Å². The molecule has 0 spiro atoms. The molecule has 0 heterocycles. The summed E-state index contributed by atoms with van der Waals surface area (Å²) in [6.45, 7) is 4.61. The van der Waals surface area contributed by atoms with E-state index in [4.69, 9.17) is 22.4 Å². The van der Waals surface area contributed by atoms with Crippen molar-refractivity contribution in [2.45, 2.75) is 51.5 Å². The minimum Gasteiger partial charge on any atom is -0.480 e. The Morgan fingerprint density at radius 2 is 2.00 bits per heavy atom. The minimum atomic E-state index is -1.03. The van der Waals surface area contributed by atoms with E-state index < -0.39 is 12.0 Å². The summed E-state index contributed by atoms with van der Waals surface area (Å²) in [6.07, 6.45) is 4.67. The predicted molar refractivity (Wildman–Crippen MR) is 81.0 cm³/mol. The first-order valence-corrected chi connectivity index (χ1v) is 7.46. The number of nitrogens with two attached hydrogens (primary N) is 1. The van der Waals surface area contributed by atoms with Crippen LogP contribution in [0.25, 0.3) is 0 Å². The Morgan fingerprint density at radius 1 is 1.40 bits per heavy atom. The maximum atomic E-state index is 10.9. The van der Waals surface area contributed by atoms with Crippen molar-refractivity contribution >= 4 is 17.6 Å². The van der Waals surface area contributed by atoms with Gasteiger partial charge in [-0.1, -0.05) is 37.6 Å². The van der Waals surface area contributed by atoms with Gasteiger partial charge in [-0.15, -0.1) is 0 Å². The summed E-state index contributed by atoms with van der Waals surface area (Å²) in [5.41, 5.74) is 7.72. The van der Waals surface area contributed by atoms with Crippen LogP contribution in [0.2, 0.25) is 5.02 Å². The van der Waals surface area contributed by atoms with E-state index in [0.717, 1.165) is 18.4 Å². The highest BCUT2D eigenvalue weighted by Crippen LogP contribution is 2.44. The number of carbonyl (C=O) groups is 1. The first-order valence-electron chi connectivity index (χ1n) is 7.08. The average Bonchev–Trinajstić information content (AvgIpc) is 2.38. The van der Waals surface area contributed by atoms with Gasteiger partial charge in [0.25, 0.3) is 0 Å². The number of carboxylic acid groups (broad SMARTS) is 1. The van der Waals surface area contributed by atoms with E-state index in [0.29, 0.717) is 21.9 Å². The number of halogens is 1. The second-order valence-corrected chi connectivity index (χ2v) is 6.94. The Balaban J connectivity index is 2.16. The van der Waals surface area contributed by atoms with Crippen molar-refractivity contribution in [3.63, 3.8) is 0 Å². The molecule has 1 unspecified atom stereocenters. The van der Waals surface area contributed by atoms with Crippen LogP contribution in [0.3, 0.4) is 0 Å². The zero-order valence-electron chi connectivity index (χ0n) is 12.0. The van der Waals surface area contributed by atoms with Gasteiger partial charge in [0, 0.05) is 5.02 Å². The second-order valence-electron chi connectivity index (χ2n) is 6.54. The Morgan fingerprint density at radius 3 is 2.50 bits per heavy atom. The van der Waals surface area contributed by atoms with Crippen molar-refractivity contribution in [2.24, 2.45) is 11.1 Å². The van der Waals surface area contributed by atoms with Crippen LogP contribution in [-0.2, 0) is 4.79 Å². The molecule has 0 aliphatic heterocycles. The number of aliphatic carboxylic acids is 1. The van der Waals surface area contributed by atoms with Crippen molar-refractivity contribution in [2.75, 3.05) is 0 Å². The molecular weight excluding hydrogens is 274 g/mol. The summed E-state index contributed by atoms with van der Waals surface area (Å²) in [4.78, 5) is 10.9. The lowest BCUT2D eigenvalue weighted by Crippen LogP contribution is -2.22. The van der Waals surface area contributed by atoms with Crippen LogP contribution in [-0.4, -0.2) is 11.1 Å². The molecule has 1 aromatic carbocycles. The van der Waals surface area contributed by atoms with Crippen LogP contribution in [0, 0.1) is 5.41 Å². The lowest BCUT2D eigenvalue weighted by molar-refractivity contribution is -0.138. The zero-order valence-corrected chi connectivity index (χ0v) is 12.8. The Bertz CT molecular complexity index is 503. The van der Waals surface area contributed by atoms with Crippen molar-refractivity contribution in [1.82, 2.24) is 0 Å². The molecule has 0 aromatic heterocycles. The maximum absolute atomic E-state index is 10.9. The fraction of sp³-hybridized carbons (Fsp3) is 0.562. The molecule has 1 aliphatic rings.